The number of hydrogen-bond acceptors (Lipinski definition) is 7. The summed E-state index contributed by atoms with van der Waals surface area (Å²) in [4.78, 5) is 29.6. The van der Waals surface area contributed by atoms with Gasteiger partial charge in [0.05, 0.1) is 12.8 Å². The van der Waals surface area contributed by atoms with E-state index in [2.05, 4.69) is 14.4 Å². The summed E-state index contributed by atoms with van der Waals surface area (Å²) < 4.78 is 65.8. The first kappa shape index (κ1) is 30.8. The Labute approximate surface area is 254 Å². The highest BCUT2D eigenvalue weighted by molar-refractivity contribution is 7.09. The van der Waals surface area contributed by atoms with Crippen LogP contribution in [0.1, 0.15) is 47.0 Å². The average Bonchev–Trinajstić information content (AvgIpc) is 3.65. The van der Waals surface area contributed by atoms with E-state index in [0.29, 0.717) is 16.9 Å². The molecule has 0 bridgehead atoms. The maximum atomic E-state index is 14.4. The van der Waals surface area contributed by atoms with Gasteiger partial charge in [-0.3, -0.25) is 14.5 Å². The van der Waals surface area contributed by atoms with E-state index in [-0.39, 0.29) is 28.0 Å². The number of halogens is 4. The van der Waals surface area contributed by atoms with Gasteiger partial charge in [0.2, 0.25) is 5.91 Å². The number of rotatable bonds is 9. The molecular weight excluding hydrogens is 600 g/mol. The highest BCUT2D eigenvalue weighted by Gasteiger charge is 2.37. The molecule has 1 aliphatic rings. The van der Waals surface area contributed by atoms with Crippen molar-refractivity contribution in [3.8, 4) is 22.8 Å². The Kier molecular flexibility index (Phi) is 9.04. The third-order valence-electron chi connectivity index (χ3n) is 7.25. The monoisotopic (exact) mass is 628 g/mol. The zero-order valence-electron chi connectivity index (χ0n) is 23.4. The van der Waals surface area contributed by atoms with Gasteiger partial charge < -0.3 is 20.5 Å². The van der Waals surface area contributed by atoms with E-state index in [1.54, 1.807) is 24.3 Å². The first-order chi connectivity index (χ1) is 21.0. The van der Waals surface area contributed by atoms with Crippen molar-refractivity contribution in [1.82, 2.24) is 9.69 Å². The first-order valence-corrected chi connectivity index (χ1v) is 14.5. The molecule has 5 rings (SSSR count). The van der Waals surface area contributed by atoms with Crippen molar-refractivity contribution in [2.75, 3.05) is 17.7 Å². The molecule has 2 amide bonds. The molecule has 1 atom stereocenters. The third-order valence-corrected chi connectivity index (χ3v) is 8.10. The minimum Gasteiger partial charge on any atom is -0.497 e. The lowest BCUT2D eigenvalue weighted by atomic mass is 10.0. The molecular formula is C31H28F4N4O4S. The Morgan fingerprint density at radius 2 is 1.59 bits per heavy atom. The summed E-state index contributed by atoms with van der Waals surface area (Å²) in [6.45, 7) is 0. The first-order valence-electron chi connectivity index (χ1n) is 13.7. The molecule has 1 saturated carbocycles. The normalized spacial score (nSPS) is 14.2. The smallest absolute Gasteiger partial charge is 0.497 e. The highest BCUT2D eigenvalue weighted by Crippen LogP contribution is 2.37. The molecule has 0 radical (unpaired) electrons. The summed E-state index contributed by atoms with van der Waals surface area (Å²) in [5.74, 6) is -1.63. The summed E-state index contributed by atoms with van der Waals surface area (Å²) in [5, 5.41) is 3.04. The van der Waals surface area contributed by atoms with Crippen LogP contribution >= 0.6 is 11.5 Å². The lowest BCUT2D eigenvalue weighted by Crippen LogP contribution is -2.46. The van der Waals surface area contributed by atoms with Crippen LogP contribution in [0.3, 0.4) is 0 Å². The molecule has 1 heterocycles. The lowest BCUT2D eigenvalue weighted by molar-refractivity contribution is -0.274. The number of benzene rings is 3. The van der Waals surface area contributed by atoms with E-state index in [1.807, 2.05) is 0 Å². The van der Waals surface area contributed by atoms with Crippen molar-refractivity contribution in [1.29, 1.82) is 0 Å². The van der Waals surface area contributed by atoms with Crippen LogP contribution in [0.25, 0.3) is 11.3 Å². The average molecular weight is 629 g/mol. The predicted octanol–water partition coefficient (Wildman–Crippen LogP) is 6.89. The Morgan fingerprint density at radius 3 is 2.18 bits per heavy atom. The van der Waals surface area contributed by atoms with Crippen LogP contribution in [0.5, 0.6) is 11.5 Å². The zero-order valence-corrected chi connectivity index (χ0v) is 24.3. The summed E-state index contributed by atoms with van der Waals surface area (Å²) in [6.07, 6.45) is -1.46. The Morgan fingerprint density at radius 1 is 0.977 bits per heavy atom. The fourth-order valence-electron chi connectivity index (χ4n) is 5.12. The predicted molar refractivity (Wildman–Crippen MR) is 158 cm³/mol. The van der Waals surface area contributed by atoms with Crippen LogP contribution in [0.4, 0.5) is 28.9 Å². The highest BCUT2D eigenvalue weighted by atomic mass is 32.1. The fourth-order valence-corrected chi connectivity index (χ4v) is 5.88. The van der Waals surface area contributed by atoms with Gasteiger partial charge in [0.25, 0.3) is 5.91 Å². The van der Waals surface area contributed by atoms with E-state index in [0.717, 1.165) is 49.3 Å². The van der Waals surface area contributed by atoms with Crippen molar-refractivity contribution < 1.29 is 36.6 Å². The van der Waals surface area contributed by atoms with Crippen LogP contribution in [0.2, 0.25) is 0 Å². The van der Waals surface area contributed by atoms with Crippen LogP contribution in [-0.4, -0.2) is 35.7 Å². The van der Waals surface area contributed by atoms with Gasteiger partial charge >= 0.3 is 6.36 Å². The van der Waals surface area contributed by atoms with Crippen molar-refractivity contribution >= 4 is 34.7 Å². The van der Waals surface area contributed by atoms with Crippen LogP contribution in [0, 0.1) is 5.82 Å². The Bertz CT molecular complexity index is 1600. The van der Waals surface area contributed by atoms with E-state index in [9.17, 15) is 27.2 Å². The van der Waals surface area contributed by atoms with Crippen molar-refractivity contribution in [3.63, 3.8) is 0 Å². The number of carbonyl (C=O) groups is 2. The van der Waals surface area contributed by atoms with E-state index in [4.69, 9.17) is 10.5 Å². The maximum absolute atomic E-state index is 14.4. The molecule has 44 heavy (non-hydrogen) atoms. The van der Waals surface area contributed by atoms with Crippen LogP contribution in [0.15, 0.2) is 72.8 Å². The second-order valence-electron chi connectivity index (χ2n) is 10.2. The number of aromatic nitrogens is 1. The number of nitrogens with one attached hydrogen (secondary N) is 1. The number of nitrogens with zero attached hydrogens (tertiary/aromatic N) is 2. The van der Waals surface area contributed by atoms with Crippen LogP contribution in [-0.2, 0) is 4.79 Å². The number of nitrogen functional groups attached to an aromatic ring is 1. The number of alkyl halides is 3. The number of nitrogens with two attached hydrogens (primary N) is 1. The molecule has 1 fully saturated rings. The quantitative estimate of drug-likeness (QED) is 0.196. The molecule has 8 nitrogen and oxygen atoms in total. The summed E-state index contributed by atoms with van der Waals surface area (Å²) in [7, 11) is 1.49. The molecule has 4 aromatic rings. The summed E-state index contributed by atoms with van der Waals surface area (Å²) in [6, 6.07) is 15.3. The van der Waals surface area contributed by atoms with Crippen molar-refractivity contribution in [2.45, 2.75) is 44.1 Å². The summed E-state index contributed by atoms with van der Waals surface area (Å²) >= 11 is 0.796. The van der Waals surface area contributed by atoms with Crippen molar-refractivity contribution in [3.05, 3.63) is 89.1 Å². The summed E-state index contributed by atoms with van der Waals surface area (Å²) in [5.41, 5.74) is 7.69. The number of hydrogen-bond donors (Lipinski definition) is 2. The standard InChI is InChI=1S/C31H28F4N4O4S/c1-42-23-14-8-19(9-15-23)27(29(40)37-21-4-2-3-5-21)39(22-12-16-24(17-13-22)43-31(33,34)35)30(41)28-25(36)26(38-44-28)18-6-10-20(32)11-7-18/h6-17,21,27H,2-5,36H2,1H3,(H,37,40)/t27-/m1/s1. The van der Waals surface area contributed by atoms with Gasteiger partial charge in [0, 0.05) is 17.3 Å². The number of ether oxygens (including phenoxy) is 2. The SMILES string of the molecule is COc1ccc([C@H](C(=O)NC2CCCC2)N(C(=O)c2snc(-c3ccc(F)cc3)c2N)c2ccc(OC(F)(F)F)cc2)cc1. The zero-order chi connectivity index (χ0) is 31.4. The molecule has 3 aromatic carbocycles. The Hall–Kier alpha value is -4.65. The molecule has 1 aromatic heterocycles. The minimum absolute atomic E-state index is 0.00730. The molecule has 1 aliphatic carbocycles. The topological polar surface area (TPSA) is 107 Å². The molecule has 230 valence electrons. The lowest BCUT2D eigenvalue weighted by Gasteiger charge is -2.32. The Balaban J connectivity index is 1.61. The van der Waals surface area contributed by atoms with Gasteiger partial charge in [0.1, 0.15) is 33.9 Å². The van der Waals surface area contributed by atoms with Gasteiger partial charge in [-0.15, -0.1) is 13.2 Å². The maximum Gasteiger partial charge on any atom is 0.573 e. The molecule has 0 saturated heterocycles. The number of amides is 2. The largest absolute Gasteiger partial charge is 0.573 e. The minimum atomic E-state index is -4.92. The van der Waals surface area contributed by atoms with Gasteiger partial charge in [-0.2, -0.15) is 4.37 Å². The third kappa shape index (κ3) is 6.94. The second kappa shape index (κ2) is 12.9. The van der Waals surface area contributed by atoms with Crippen LogP contribution < -0.4 is 25.4 Å². The molecule has 3 N–H and O–H groups in total. The van der Waals surface area contributed by atoms with Gasteiger partial charge in [-0.1, -0.05) is 25.0 Å². The van der Waals surface area contributed by atoms with Gasteiger partial charge in [-0.25, -0.2) is 4.39 Å². The van der Waals surface area contributed by atoms with Crippen molar-refractivity contribution in [2.24, 2.45) is 0 Å². The fraction of sp³-hybridized carbons (Fsp3) is 0.258. The van der Waals surface area contributed by atoms with E-state index in [1.165, 1.54) is 48.4 Å². The number of carbonyl (C=O) groups excluding carboxylic acids is 2. The molecule has 13 heteroatoms. The number of methoxy groups -OCH3 is 1. The van der Waals surface area contributed by atoms with E-state index < -0.39 is 35.8 Å². The van der Waals surface area contributed by atoms with E-state index >= 15 is 0 Å². The molecule has 0 aliphatic heterocycles. The number of anilines is 2. The van der Waals surface area contributed by atoms with Gasteiger partial charge in [-0.05, 0) is 90.6 Å². The van der Waals surface area contributed by atoms with Gasteiger partial charge in [0.15, 0.2) is 0 Å². The molecule has 0 unspecified atom stereocenters. The molecule has 0 spiro atoms. The second-order valence-corrected chi connectivity index (χ2v) is 10.9.